The summed E-state index contributed by atoms with van der Waals surface area (Å²) in [6, 6.07) is 5.32. The molecule has 0 aliphatic carbocycles. The summed E-state index contributed by atoms with van der Waals surface area (Å²) in [5.41, 5.74) is 0.0278. The van der Waals surface area contributed by atoms with Gasteiger partial charge in [0.05, 0.1) is 17.6 Å². The average Bonchev–Trinajstić information content (AvgIpc) is 2.59. The van der Waals surface area contributed by atoms with Gasteiger partial charge in [0.1, 0.15) is 0 Å². The van der Waals surface area contributed by atoms with Crippen LogP contribution in [-0.4, -0.2) is 51.6 Å². The molecule has 25 heavy (non-hydrogen) atoms. The number of hydrogen-bond acceptors (Lipinski definition) is 6. The maximum atomic E-state index is 12.2. The summed E-state index contributed by atoms with van der Waals surface area (Å²) < 4.78 is 30.0. The Kier molecular flexibility index (Phi) is 8.01. The van der Waals surface area contributed by atoms with Gasteiger partial charge in [-0.25, -0.2) is 13.2 Å². The van der Waals surface area contributed by atoms with E-state index in [-0.39, 0.29) is 16.5 Å². The van der Waals surface area contributed by atoms with Crippen LogP contribution < -0.4 is 5.32 Å². The van der Waals surface area contributed by atoms with Gasteiger partial charge < -0.3 is 10.1 Å². The van der Waals surface area contributed by atoms with Crippen molar-refractivity contribution in [2.45, 2.75) is 37.6 Å². The summed E-state index contributed by atoms with van der Waals surface area (Å²) in [6.45, 7) is 3.44. The van der Waals surface area contributed by atoms with E-state index in [9.17, 15) is 18.0 Å². The van der Waals surface area contributed by atoms with Crippen molar-refractivity contribution in [2.24, 2.45) is 0 Å². The highest BCUT2D eigenvalue weighted by molar-refractivity contribution is 7.89. The third-order valence-corrected chi connectivity index (χ3v) is 5.10. The van der Waals surface area contributed by atoms with Crippen molar-refractivity contribution in [3.05, 3.63) is 29.8 Å². The van der Waals surface area contributed by atoms with Crippen molar-refractivity contribution in [3.63, 3.8) is 0 Å². The highest BCUT2D eigenvalue weighted by Gasteiger charge is 2.22. The van der Waals surface area contributed by atoms with Crippen LogP contribution in [0, 0.1) is 0 Å². The first-order chi connectivity index (χ1) is 11.7. The number of nitrogens with zero attached hydrogens (tertiary/aromatic N) is 1. The van der Waals surface area contributed by atoms with Gasteiger partial charge in [-0.05, 0) is 31.5 Å². The summed E-state index contributed by atoms with van der Waals surface area (Å²) in [7, 11) is -1.42. The Morgan fingerprint density at radius 3 is 2.60 bits per heavy atom. The molecule has 1 aromatic rings. The van der Waals surface area contributed by atoms with Crippen LogP contribution in [-0.2, 0) is 24.4 Å². The van der Waals surface area contributed by atoms with Gasteiger partial charge in [-0.3, -0.25) is 9.63 Å². The third-order valence-electron chi connectivity index (χ3n) is 3.43. The molecule has 0 aliphatic rings. The molecule has 1 atom stereocenters. The van der Waals surface area contributed by atoms with Crippen molar-refractivity contribution in [2.75, 3.05) is 20.8 Å². The molecule has 0 radical (unpaired) electrons. The lowest BCUT2D eigenvalue weighted by molar-refractivity contribution is -0.124. The standard InChI is InChI=1S/C16H24N2O6S/c1-5-7-12(2)17-15(19)11-24-16(20)13-8-6-9-14(10-13)25(21,22)18(3)23-4/h6,8-10,12H,5,7,11H2,1-4H3,(H,17,19)/t12-/m0/s1. The molecule has 0 fully saturated rings. The molecule has 0 aromatic heterocycles. The Balaban J connectivity index is 2.74. The minimum Gasteiger partial charge on any atom is -0.452 e. The Morgan fingerprint density at radius 1 is 1.32 bits per heavy atom. The van der Waals surface area contributed by atoms with Crippen LogP contribution in [0.3, 0.4) is 0 Å². The first-order valence-corrected chi connectivity index (χ1v) is 9.26. The Labute approximate surface area is 148 Å². The maximum Gasteiger partial charge on any atom is 0.338 e. The molecule has 9 heteroatoms. The van der Waals surface area contributed by atoms with Gasteiger partial charge in [0.2, 0.25) is 0 Å². The van der Waals surface area contributed by atoms with E-state index in [2.05, 4.69) is 10.2 Å². The van der Waals surface area contributed by atoms with Gasteiger partial charge in [0, 0.05) is 13.1 Å². The number of nitrogens with one attached hydrogen (secondary N) is 1. The van der Waals surface area contributed by atoms with Crippen LogP contribution in [0.15, 0.2) is 29.2 Å². The number of carbonyl (C=O) groups is 2. The van der Waals surface area contributed by atoms with E-state index in [1.807, 2.05) is 13.8 Å². The molecule has 0 unspecified atom stereocenters. The van der Waals surface area contributed by atoms with Gasteiger partial charge in [0.15, 0.2) is 6.61 Å². The highest BCUT2D eigenvalue weighted by atomic mass is 32.2. The molecule has 0 heterocycles. The molecule has 8 nitrogen and oxygen atoms in total. The topological polar surface area (TPSA) is 102 Å². The Morgan fingerprint density at radius 2 is 2.00 bits per heavy atom. The van der Waals surface area contributed by atoms with Crippen LogP contribution in [0.25, 0.3) is 0 Å². The number of ether oxygens (including phenoxy) is 1. The lowest BCUT2D eigenvalue weighted by Gasteiger charge is -2.15. The monoisotopic (exact) mass is 372 g/mol. The lowest BCUT2D eigenvalue weighted by Crippen LogP contribution is -2.35. The van der Waals surface area contributed by atoms with Crippen molar-refractivity contribution in [3.8, 4) is 0 Å². The molecule has 0 saturated heterocycles. The zero-order valence-corrected chi connectivity index (χ0v) is 15.6. The minimum atomic E-state index is -3.87. The molecule has 1 amide bonds. The molecular formula is C16H24N2O6S. The smallest absolute Gasteiger partial charge is 0.338 e. The van der Waals surface area contributed by atoms with Gasteiger partial charge in [0.25, 0.3) is 15.9 Å². The first kappa shape index (κ1) is 21.1. The lowest BCUT2D eigenvalue weighted by atomic mass is 10.2. The molecule has 140 valence electrons. The van der Waals surface area contributed by atoms with Crippen LogP contribution in [0.4, 0.5) is 0 Å². The molecule has 0 aliphatic heterocycles. The van der Waals surface area contributed by atoms with Crippen LogP contribution in [0.1, 0.15) is 37.0 Å². The molecule has 1 N–H and O–H groups in total. The van der Waals surface area contributed by atoms with Gasteiger partial charge in [-0.2, -0.15) is 0 Å². The summed E-state index contributed by atoms with van der Waals surface area (Å²) in [5.74, 6) is -1.19. The summed E-state index contributed by atoms with van der Waals surface area (Å²) in [4.78, 5) is 28.3. The normalized spacial score (nSPS) is 12.7. The second-order valence-electron chi connectivity index (χ2n) is 5.46. The predicted octanol–water partition coefficient (Wildman–Crippen LogP) is 1.33. The van der Waals surface area contributed by atoms with Crippen LogP contribution in [0.5, 0.6) is 0 Å². The van der Waals surface area contributed by atoms with Crippen molar-refractivity contribution in [1.29, 1.82) is 0 Å². The second kappa shape index (κ2) is 9.50. The van der Waals surface area contributed by atoms with E-state index >= 15 is 0 Å². The van der Waals surface area contributed by atoms with Crippen molar-refractivity contribution >= 4 is 21.9 Å². The number of amides is 1. The van der Waals surface area contributed by atoms with Crippen molar-refractivity contribution < 1.29 is 27.6 Å². The van der Waals surface area contributed by atoms with Gasteiger partial charge >= 0.3 is 5.97 Å². The Hall–Kier alpha value is -1.97. The minimum absolute atomic E-state index is 0.00532. The average molecular weight is 372 g/mol. The SMILES string of the molecule is CCC[C@H](C)NC(=O)COC(=O)c1cccc(S(=O)(=O)N(C)OC)c1. The van der Waals surface area contributed by atoms with Crippen molar-refractivity contribution in [1.82, 2.24) is 9.79 Å². The quantitative estimate of drug-likeness (QED) is 0.518. The fraction of sp³-hybridized carbons (Fsp3) is 0.500. The molecule has 1 aromatic carbocycles. The number of hydroxylamine groups is 1. The van der Waals surface area contributed by atoms with E-state index in [0.717, 1.165) is 12.8 Å². The number of hydrogen-bond donors (Lipinski definition) is 1. The summed E-state index contributed by atoms with van der Waals surface area (Å²) >= 11 is 0. The van der Waals surface area contributed by atoms with E-state index in [4.69, 9.17) is 4.74 Å². The first-order valence-electron chi connectivity index (χ1n) is 7.82. The largest absolute Gasteiger partial charge is 0.452 e. The van der Waals surface area contributed by atoms with E-state index < -0.39 is 28.5 Å². The van der Waals surface area contributed by atoms with E-state index in [0.29, 0.717) is 4.47 Å². The van der Waals surface area contributed by atoms with Gasteiger partial charge in [-0.1, -0.05) is 23.9 Å². The predicted molar refractivity (Wildman–Crippen MR) is 91.2 cm³/mol. The number of rotatable bonds is 9. The number of benzene rings is 1. The van der Waals surface area contributed by atoms with E-state index in [1.165, 1.54) is 38.4 Å². The molecule has 0 spiro atoms. The maximum absolute atomic E-state index is 12.2. The molecule has 0 bridgehead atoms. The Bertz CT molecular complexity index is 704. The highest BCUT2D eigenvalue weighted by Crippen LogP contribution is 2.16. The summed E-state index contributed by atoms with van der Waals surface area (Å²) in [6.07, 6.45) is 1.75. The van der Waals surface area contributed by atoms with Crippen LogP contribution in [0.2, 0.25) is 0 Å². The van der Waals surface area contributed by atoms with E-state index in [1.54, 1.807) is 0 Å². The summed E-state index contributed by atoms with van der Waals surface area (Å²) in [5, 5.41) is 2.71. The molecular weight excluding hydrogens is 348 g/mol. The number of sulfonamides is 1. The second-order valence-corrected chi connectivity index (χ2v) is 7.39. The zero-order chi connectivity index (χ0) is 19.0. The zero-order valence-electron chi connectivity index (χ0n) is 14.8. The fourth-order valence-corrected chi connectivity index (χ4v) is 3.09. The molecule has 0 saturated carbocycles. The molecule has 1 rings (SSSR count). The third kappa shape index (κ3) is 6.11. The fourth-order valence-electron chi connectivity index (χ4n) is 2.07. The van der Waals surface area contributed by atoms with Crippen LogP contribution >= 0.6 is 0 Å². The van der Waals surface area contributed by atoms with Gasteiger partial charge in [-0.15, -0.1) is 0 Å². The number of esters is 1. The number of carbonyl (C=O) groups excluding carboxylic acids is 2.